The summed E-state index contributed by atoms with van der Waals surface area (Å²) in [6.45, 7) is 5.91. The number of likely N-dealkylation sites (N-methyl/N-ethyl adjacent to an activating group) is 1. The Kier molecular flexibility index (Phi) is 14.3. The number of carbonyl (C=O) groups is 4. The van der Waals surface area contributed by atoms with Crippen molar-refractivity contribution in [2.24, 2.45) is 5.92 Å². The number of ether oxygens (including phenoxy) is 1. The molecule has 14 heteroatoms. The predicted molar refractivity (Wildman–Crippen MR) is 197 cm³/mol. The van der Waals surface area contributed by atoms with E-state index < -0.39 is 35.8 Å². The van der Waals surface area contributed by atoms with Crippen LogP contribution in [0.15, 0.2) is 54.7 Å². The van der Waals surface area contributed by atoms with E-state index in [2.05, 4.69) is 26.3 Å². The Morgan fingerprint density at radius 2 is 1.68 bits per heavy atom. The van der Waals surface area contributed by atoms with E-state index in [4.69, 9.17) is 4.74 Å². The molecule has 1 aromatic heterocycles. The molecule has 1 saturated heterocycles. The van der Waals surface area contributed by atoms with Gasteiger partial charge in [0.15, 0.2) is 0 Å². The molecule has 53 heavy (non-hydrogen) atoms. The maximum atomic E-state index is 14.4. The molecule has 13 nitrogen and oxygen atoms in total. The normalized spacial score (nSPS) is 22.0. The van der Waals surface area contributed by atoms with Crippen LogP contribution in [0.3, 0.4) is 0 Å². The molecular weight excluding hydrogens is 679 g/mol. The molecule has 4 amide bonds. The largest absolute Gasteiger partial charge is 0.486 e. The van der Waals surface area contributed by atoms with Crippen LogP contribution in [0.2, 0.25) is 0 Å². The number of hydrogen-bond acceptors (Lipinski definition) is 8. The third-order valence-corrected chi connectivity index (χ3v) is 9.77. The van der Waals surface area contributed by atoms with Crippen molar-refractivity contribution in [3.8, 4) is 5.75 Å². The van der Waals surface area contributed by atoms with Crippen molar-refractivity contribution in [1.29, 1.82) is 0 Å². The van der Waals surface area contributed by atoms with Gasteiger partial charge in [0.1, 0.15) is 42.0 Å². The minimum atomic E-state index is -0.985. The van der Waals surface area contributed by atoms with Gasteiger partial charge < -0.3 is 30.5 Å². The first-order valence-corrected chi connectivity index (χ1v) is 18.8. The van der Waals surface area contributed by atoms with Crippen molar-refractivity contribution in [3.05, 3.63) is 77.4 Å². The number of hydrogen-bond donors (Lipinski definition) is 3. The number of piperazine rings is 1. The number of nitrogens with one attached hydrogen (secondary N) is 3. The van der Waals surface area contributed by atoms with Gasteiger partial charge in [-0.25, -0.2) is 4.39 Å². The van der Waals surface area contributed by atoms with Gasteiger partial charge in [-0.05, 0) is 42.9 Å². The maximum absolute atomic E-state index is 14.4. The number of fused-ring (bicyclic) bond motifs is 4. The van der Waals surface area contributed by atoms with Gasteiger partial charge in [0.25, 0.3) is 5.91 Å². The van der Waals surface area contributed by atoms with Crippen LogP contribution in [0.1, 0.15) is 80.4 Å². The van der Waals surface area contributed by atoms with Crippen LogP contribution in [0.25, 0.3) is 0 Å². The van der Waals surface area contributed by atoms with Crippen molar-refractivity contribution in [2.75, 3.05) is 33.2 Å². The molecule has 0 radical (unpaired) electrons. The highest BCUT2D eigenvalue weighted by molar-refractivity contribution is 6.00. The number of nitrogens with zero attached hydrogens (tertiary/aromatic N) is 5. The number of aryl methyl sites for hydroxylation is 1. The van der Waals surface area contributed by atoms with Crippen LogP contribution < -0.4 is 20.7 Å². The highest BCUT2D eigenvalue weighted by Crippen LogP contribution is 2.23. The average Bonchev–Trinajstić information content (AvgIpc) is 3.61. The first-order valence-electron chi connectivity index (χ1n) is 18.8. The van der Waals surface area contributed by atoms with E-state index >= 15 is 0 Å². The van der Waals surface area contributed by atoms with E-state index in [-0.39, 0.29) is 48.7 Å². The standard InChI is InChI=1S/C39H53FN8O5/c1-27(2)21-32-38(51)48-20-18-41-24-34(48)39(52)46(3)33(22-28-13-9-8-10-14-28)37(50)42-17-11-6-4-5-7-12-19-47-25-30(44-45-47)26-53-35-23-29(40)15-16-31(35)36(49)43-32/h8-10,13-16,23,25,27,32-34,41H,4-7,11-12,17-22,24,26H2,1-3H3,(H,42,50)(H,43,49)/t32-,33+,34-/m1/s1. The molecule has 3 aromatic rings. The third-order valence-electron chi connectivity index (χ3n) is 9.77. The van der Waals surface area contributed by atoms with Gasteiger partial charge in [-0.15, -0.1) is 5.10 Å². The summed E-state index contributed by atoms with van der Waals surface area (Å²) < 4.78 is 22.1. The fourth-order valence-corrected chi connectivity index (χ4v) is 6.85. The van der Waals surface area contributed by atoms with Gasteiger partial charge in [0.2, 0.25) is 17.7 Å². The zero-order chi connectivity index (χ0) is 37.7. The average molecular weight is 733 g/mol. The quantitative estimate of drug-likeness (QED) is 0.369. The summed E-state index contributed by atoms with van der Waals surface area (Å²) in [5, 5.41) is 17.5. The topological polar surface area (TPSA) is 151 Å². The Morgan fingerprint density at radius 1 is 0.925 bits per heavy atom. The highest BCUT2D eigenvalue weighted by Gasteiger charge is 2.40. The van der Waals surface area contributed by atoms with Gasteiger partial charge >= 0.3 is 0 Å². The second-order valence-corrected chi connectivity index (χ2v) is 14.4. The molecule has 2 aliphatic heterocycles. The fraction of sp³-hybridized carbons (Fsp3) is 0.538. The molecule has 2 aliphatic rings. The number of aromatic nitrogens is 3. The summed E-state index contributed by atoms with van der Waals surface area (Å²) in [7, 11) is 1.62. The number of halogens is 1. The van der Waals surface area contributed by atoms with E-state index in [1.54, 1.807) is 17.9 Å². The molecule has 0 aliphatic carbocycles. The second kappa shape index (κ2) is 19.3. The molecule has 0 unspecified atom stereocenters. The monoisotopic (exact) mass is 732 g/mol. The Balaban J connectivity index is 1.42. The molecule has 3 atom stereocenters. The Hall–Kier alpha value is -4.85. The lowest BCUT2D eigenvalue weighted by Gasteiger charge is -2.40. The smallest absolute Gasteiger partial charge is 0.255 e. The molecule has 5 rings (SSSR count). The van der Waals surface area contributed by atoms with Crippen LogP contribution in [-0.4, -0.2) is 99.8 Å². The van der Waals surface area contributed by atoms with Gasteiger partial charge in [0, 0.05) is 52.3 Å². The van der Waals surface area contributed by atoms with Crippen molar-refractivity contribution >= 4 is 23.6 Å². The summed E-state index contributed by atoms with van der Waals surface area (Å²) >= 11 is 0. The van der Waals surface area contributed by atoms with E-state index in [1.807, 2.05) is 44.2 Å². The molecule has 2 bridgehead atoms. The zero-order valence-electron chi connectivity index (χ0n) is 31.1. The molecule has 0 saturated carbocycles. The predicted octanol–water partition coefficient (Wildman–Crippen LogP) is 3.48. The van der Waals surface area contributed by atoms with Gasteiger partial charge in [0.05, 0.1) is 11.8 Å². The van der Waals surface area contributed by atoms with Crippen molar-refractivity contribution in [1.82, 2.24) is 40.7 Å². The van der Waals surface area contributed by atoms with Crippen LogP contribution in [0.5, 0.6) is 5.75 Å². The van der Waals surface area contributed by atoms with Crippen LogP contribution in [0.4, 0.5) is 4.39 Å². The highest BCUT2D eigenvalue weighted by atomic mass is 19.1. The molecule has 3 heterocycles. The lowest BCUT2D eigenvalue weighted by Crippen LogP contribution is -2.64. The SMILES string of the molecule is CC(C)C[C@H]1NC(=O)c2ccc(F)cc2OCc2cn(nn2)CCCCCCCCNC(=O)[C@H](Cc2ccccc2)N(C)C(=O)[C@H]2CNCCN2C1=O. The van der Waals surface area contributed by atoms with E-state index in [0.29, 0.717) is 38.2 Å². The minimum Gasteiger partial charge on any atom is -0.486 e. The van der Waals surface area contributed by atoms with Crippen LogP contribution >= 0.6 is 0 Å². The molecule has 3 N–H and O–H groups in total. The van der Waals surface area contributed by atoms with Gasteiger partial charge in [-0.1, -0.05) is 75.1 Å². The summed E-state index contributed by atoms with van der Waals surface area (Å²) in [6, 6.07) is 10.5. The Morgan fingerprint density at radius 3 is 2.45 bits per heavy atom. The van der Waals surface area contributed by atoms with Crippen molar-refractivity contribution in [2.45, 2.75) is 96.5 Å². The van der Waals surface area contributed by atoms with Crippen molar-refractivity contribution < 1.29 is 28.3 Å². The molecule has 286 valence electrons. The Bertz CT molecular complexity index is 1680. The van der Waals surface area contributed by atoms with E-state index in [0.717, 1.165) is 50.2 Å². The summed E-state index contributed by atoms with van der Waals surface area (Å²) in [5.74, 6) is -2.21. The summed E-state index contributed by atoms with van der Waals surface area (Å²) in [4.78, 5) is 59.2. The first kappa shape index (κ1) is 39.4. The van der Waals surface area contributed by atoms with Crippen molar-refractivity contribution in [3.63, 3.8) is 0 Å². The number of carbonyl (C=O) groups excluding carboxylic acids is 4. The second-order valence-electron chi connectivity index (χ2n) is 14.4. The van der Waals surface area contributed by atoms with Gasteiger partial charge in [-0.2, -0.15) is 0 Å². The van der Waals surface area contributed by atoms with E-state index in [1.165, 1.54) is 21.9 Å². The molecular formula is C39H53FN8O5. The van der Waals surface area contributed by atoms with Gasteiger partial charge in [-0.3, -0.25) is 23.9 Å². The number of benzene rings is 2. The zero-order valence-corrected chi connectivity index (χ0v) is 31.1. The Labute approximate surface area is 311 Å². The minimum absolute atomic E-state index is 0.00817. The lowest BCUT2D eigenvalue weighted by molar-refractivity contribution is -0.150. The lowest BCUT2D eigenvalue weighted by atomic mass is 9.99. The molecule has 2 aromatic carbocycles. The fourth-order valence-electron chi connectivity index (χ4n) is 6.85. The maximum Gasteiger partial charge on any atom is 0.255 e. The molecule has 1 fully saturated rings. The van der Waals surface area contributed by atoms with Crippen LogP contribution in [-0.2, 0) is 34.0 Å². The summed E-state index contributed by atoms with van der Waals surface area (Å²) in [5.41, 5.74) is 1.50. The number of amides is 4. The first-order chi connectivity index (χ1) is 25.6. The van der Waals surface area contributed by atoms with E-state index in [9.17, 15) is 23.6 Å². The molecule has 0 spiro atoms. The third kappa shape index (κ3) is 11.1. The number of rotatable bonds is 4. The van der Waals surface area contributed by atoms with Crippen LogP contribution in [0, 0.1) is 11.7 Å². The summed E-state index contributed by atoms with van der Waals surface area (Å²) in [6.07, 6.45) is 8.16.